The van der Waals surface area contributed by atoms with Gasteiger partial charge in [0.15, 0.2) is 6.10 Å². The topological polar surface area (TPSA) is 26.3 Å². The number of ether oxygens (including phenoxy) is 1. The lowest BCUT2D eigenvalue weighted by molar-refractivity contribution is 0.0455. The summed E-state index contributed by atoms with van der Waals surface area (Å²) in [7, 11) is 0. The monoisotopic (exact) mass is 466 g/mol. The van der Waals surface area contributed by atoms with Crippen LogP contribution >= 0.6 is 0 Å². The molecule has 1 heterocycles. The molecular formula is C33H38O2. The fourth-order valence-electron chi connectivity index (χ4n) is 6.40. The molecule has 2 aliphatic rings. The van der Waals surface area contributed by atoms with E-state index in [1.807, 2.05) is 24.3 Å². The van der Waals surface area contributed by atoms with E-state index in [1.54, 1.807) is 0 Å². The molecule has 3 aromatic carbocycles. The summed E-state index contributed by atoms with van der Waals surface area (Å²) in [6, 6.07) is 23.8. The lowest BCUT2D eigenvalue weighted by Gasteiger charge is -2.33. The van der Waals surface area contributed by atoms with E-state index < -0.39 is 0 Å². The van der Waals surface area contributed by atoms with Crippen molar-refractivity contribution in [1.29, 1.82) is 0 Å². The Hall–Kier alpha value is -2.87. The average molecular weight is 467 g/mol. The normalized spacial score (nSPS) is 17.1. The predicted molar refractivity (Wildman–Crippen MR) is 144 cm³/mol. The standard InChI is InChI=1S/C33H38O2/c1-3-5-7-13-21-33(22-14-8-6-4-2)29-18-12-11-15-25(29)26-20-19-24(23-30(26)33)31-27-16-9-10-17-28(27)32(34)35-31/h9-12,15-20,23,31H,3-8,13-14,21-22H2,1-2H3. The van der Waals surface area contributed by atoms with Crippen molar-refractivity contribution in [2.75, 3.05) is 0 Å². The summed E-state index contributed by atoms with van der Waals surface area (Å²) in [5.74, 6) is -0.209. The van der Waals surface area contributed by atoms with Gasteiger partial charge in [0, 0.05) is 11.0 Å². The van der Waals surface area contributed by atoms with Crippen LogP contribution in [0.2, 0.25) is 0 Å². The third-order valence-corrected chi connectivity index (χ3v) is 8.20. The smallest absolute Gasteiger partial charge is 0.339 e. The zero-order chi connectivity index (χ0) is 24.3. The lowest BCUT2D eigenvalue weighted by Crippen LogP contribution is -2.26. The number of fused-ring (bicyclic) bond motifs is 4. The van der Waals surface area contributed by atoms with Crippen LogP contribution in [0.4, 0.5) is 0 Å². The van der Waals surface area contributed by atoms with Crippen LogP contribution in [0.25, 0.3) is 11.1 Å². The summed E-state index contributed by atoms with van der Waals surface area (Å²) in [5, 5.41) is 0. The van der Waals surface area contributed by atoms with Gasteiger partial charge in [0.2, 0.25) is 0 Å². The molecule has 0 saturated heterocycles. The van der Waals surface area contributed by atoms with Gasteiger partial charge in [0.25, 0.3) is 0 Å². The highest BCUT2D eigenvalue weighted by Crippen LogP contribution is 2.55. The molecule has 0 amide bonds. The Bertz CT molecular complexity index is 1180. The molecule has 1 aliphatic carbocycles. The van der Waals surface area contributed by atoms with Crippen molar-refractivity contribution >= 4 is 5.97 Å². The van der Waals surface area contributed by atoms with Crippen LogP contribution in [0.5, 0.6) is 0 Å². The van der Waals surface area contributed by atoms with E-state index in [9.17, 15) is 4.79 Å². The van der Waals surface area contributed by atoms with Crippen LogP contribution in [0, 0.1) is 0 Å². The Labute approximate surface area is 210 Å². The van der Waals surface area contributed by atoms with Crippen molar-refractivity contribution in [3.63, 3.8) is 0 Å². The van der Waals surface area contributed by atoms with Crippen LogP contribution in [0.15, 0.2) is 66.7 Å². The van der Waals surface area contributed by atoms with Gasteiger partial charge in [-0.15, -0.1) is 0 Å². The number of carbonyl (C=O) groups is 1. The summed E-state index contributed by atoms with van der Waals surface area (Å²) in [6.45, 7) is 4.57. The van der Waals surface area contributed by atoms with Crippen molar-refractivity contribution in [3.05, 3.63) is 94.5 Å². The maximum Gasteiger partial charge on any atom is 0.339 e. The largest absolute Gasteiger partial charge is 0.449 e. The Morgan fingerprint density at radius 2 is 1.31 bits per heavy atom. The minimum Gasteiger partial charge on any atom is -0.449 e. The maximum atomic E-state index is 12.6. The van der Waals surface area contributed by atoms with Crippen molar-refractivity contribution < 1.29 is 9.53 Å². The molecule has 35 heavy (non-hydrogen) atoms. The van der Waals surface area contributed by atoms with Gasteiger partial charge in [0.05, 0.1) is 5.56 Å². The molecule has 182 valence electrons. The first-order chi connectivity index (χ1) is 17.2. The Balaban J connectivity index is 1.58. The molecule has 0 bridgehead atoms. The van der Waals surface area contributed by atoms with E-state index in [2.05, 4.69) is 56.3 Å². The second-order valence-electron chi connectivity index (χ2n) is 10.4. The molecule has 3 aromatic rings. The van der Waals surface area contributed by atoms with Crippen LogP contribution in [0.1, 0.15) is 117 Å². The van der Waals surface area contributed by atoms with Crippen molar-refractivity contribution in [1.82, 2.24) is 0 Å². The highest BCUT2D eigenvalue weighted by Gasteiger charge is 2.43. The highest BCUT2D eigenvalue weighted by molar-refractivity contribution is 5.94. The quantitative estimate of drug-likeness (QED) is 0.208. The summed E-state index contributed by atoms with van der Waals surface area (Å²) >= 11 is 0. The number of hydrogen-bond donors (Lipinski definition) is 0. The first-order valence-electron chi connectivity index (χ1n) is 13.7. The number of esters is 1. The van der Waals surface area contributed by atoms with E-state index in [0.29, 0.717) is 5.56 Å². The van der Waals surface area contributed by atoms with Crippen LogP contribution < -0.4 is 0 Å². The Kier molecular flexibility index (Phi) is 7.09. The molecule has 1 unspecified atom stereocenters. The number of hydrogen-bond acceptors (Lipinski definition) is 2. The molecule has 2 heteroatoms. The summed E-state index contributed by atoms with van der Waals surface area (Å²) in [4.78, 5) is 12.6. The molecule has 2 nitrogen and oxygen atoms in total. The van der Waals surface area contributed by atoms with Gasteiger partial charge in [-0.25, -0.2) is 4.79 Å². The first kappa shape index (κ1) is 23.9. The Morgan fingerprint density at radius 1 is 0.686 bits per heavy atom. The van der Waals surface area contributed by atoms with E-state index in [0.717, 1.165) is 11.1 Å². The van der Waals surface area contributed by atoms with E-state index in [1.165, 1.54) is 86.5 Å². The first-order valence-corrected chi connectivity index (χ1v) is 13.7. The fourth-order valence-corrected chi connectivity index (χ4v) is 6.40. The van der Waals surface area contributed by atoms with E-state index in [4.69, 9.17) is 4.74 Å². The number of cyclic esters (lactones) is 1. The van der Waals surface area contributed by atoms with Gasteiger partial charge >= 0.3 is 5.97 Å². The van der Waals surface area contributed by atoms with Gasteiger partial charge in [-0.2, -0.15) is 0 Å². The number of carbonyl (C=O) groups excluding carboxylic acids is 1. The van der Waals surface area contributed by atoms with Gasteiger partial charge in [-0.05, 0) is 46.7 Å². The summed E-state index contributed by atoms with van der Waals surface area (Å²) in [5.41, 5.74) is 8.55. The summed E-state index contributed by atoms with van der Waals surface area (Å²) in [6.07, 6.45) is 12.3. The van der Waals surface area contributed by atoms with Crippen molar-refractivity contribution in [2.45, 2.75) is 89.6 Å². The van der Waals surface area contributed by atoms with E-state index in [-0.39, 0.29) is 17.5 Å². The van der Waals surface area contributed by atoms with Gasteiger partial charge in [-0.3, -0.25) is 0 Å². The van der Waals surface area contributed by atoms with Gasteiger partial charge in [0.1, 0.15) is 0 Å². The molecule has 0 aromatic heterocycles. The number of rotatable bonds is 11. The SMILES string of the molecule is CCCCCCC1(CCCCCC)c2ccccc2-c2ccc(C3OC(=O)c4ccccc43)cc21. The van der Waals surface area contributed by atoms with Gasteiger partial charge in [-0.1, -0.05) is 126 Å². The Morgan fingerprint density at radius 3 is 2.03 bits per heavy atom. The maximum absolute atomic E-state index is 12.6. The summed E-state index contributed by atoms with van der Waals surface area (Å²) < 4.78 is 5.91. The zero-order valence-corrected chi connectivity index (χ0v) is 21.3. The van der Waals surface area contributed by atoms with Crippen molar-refractivity contribution in [2.24, 2.45) is 0 Å². The second-order valence-corrected chi connectivity index (χ2v) is 10.4. The van der Waals surface area contributed by atoms with Crippen LogP contribution in [-0.2, 0) is 10.2 Å². The molecule has 5 rings (SSSR count). The van der Waals surface area contributed by atoms with Crippen LogP contribution in [0.3, 0.4) is 0 Å². The third-order valence-electron chi connectivity index (χ3n) is 8.20. The zero-order valence-electron chi connectivity index (χ0n) is 21.3. The highest BCUT2D eigenvalue weighted by atomic mass is 16.5. The molecular weight excluding hydrogens is 428 g/mol. The molecule has 1 atom stereocenters. The number of unbranched alkanes of at least 4 members (excludes halogenated alkanes) is 6. The minimum absolute atomic E-state index is 0.0472. The molecule has 0 saturated carbocycles. The average Bonchev–Trinajstić information content (AvgIpc) is 3.37. The van der Waals surface area contributed by atoms with Crippen LogP contribution in [-0.4, -0.2) is 5.97 Å². The fraction of sp³-hybridized carbons (Fsp3) is 0.424. The van der Waals surface area contributed by atoms with Gasteiger partial charge < -0.3 is 4.74 Å². The molecule has 1 aliphatic heterocycles. The third kappa shape index (κ3) is 4.33. The molecule has 0 spiro atoms. The molecule has 0 N–H and O–H groups in total. The lowest BCUT2D eigenvalue weighted by atomic mass is 9.70. The second kappa shape index (κ2) is 10.4. The molecule has 0 fully saturated rings. The molecule has 0 radical (unpaired) electrons. The van der Waals surface area contributed by atoms with E-state index >= 15 is 0 Å². The number of benzene rings is 3. The predicted octanol–water partition coefficient (Wildman–Crippen LogP) is 9.15. The minimum atomic E-state index is -0.314. The van der Waals surface area contributed by atoms with Crippen molar-refractivity contribution in [3.8, 4) is 11.1 Å².